The number of rotatable bonds is 6. The lowest BCUT2D eigenvalue weighted by Gasteiger charge is -2.11. The number of hydrogen-bond donors (Lipinski definition) is 2. The molecule has 0 aliphatic heterocycles. The van der Waals surface area contributed by atoms with Crippen LogP contribution in [0.2, 0.25) is 5.15 Å². The lowest BCUT2D eigenvalue weighted by molar-refractivity contribution is -0.137. The molecule has 0 saturated heterocycles. The highest BCUT2D eigenvalue weighted by molar-refractivity contribution is 6.32. The van der Waals surface area contributed by atoms with Gasteiger partial charge in [-0.3, -0.25) is 9.59 Å². The molecular weight excluding hydrogens is 256 g/mol. The van der Waals surface area contributed by atoms with Gasteiger partial charge in [0.25, 0.3) is 5.91 Å². The highest BCUT2D eigenvalue weighted by atomic mass is 35.5. The smallest absolute Gasteiger partial charge is 0.303 e. The van der Waals surface area contributed by atoms with Crippen molar-refractivity contribution in [1.29, 1.82) is 0 Å². The van der Waals surface area contributed by atoms with E-state index in [9.17, 15) is 9.59 Å². The summed E-state index contributed by atoms with van der Waals surface area (Å²) in [6.07, 6.45) is 2.13. The molecule has 2 N–H and O–H groups in total. The van der Waals surface area contributed by atoms with Crippen LogP contribution < -0.4 is 5.32 Å². The molecule has 1 heterocycles. The van der Waals surface area contributed by atoms with Crippen LogP contribution in [0.4, 0.5) is 0 Å². The zero-order valence-corrected chi connectivity index (χ0v) is 10.8. The van der Waals surface area contributed by atoms with Crippen LogP contribution in [0.15, 0.2) is 18.3 Å². The second-order valence-corrected chi connectivity index (χ2v) is 4.45. The highest BCUT2D eigenvalue weighted by Crippen LogP contribution is 2.11. The van der Waals surface area contributed by atoms with Crippen molar-refractivity contribution in [3.63, 3.8) is 0 Å². The second kappa shape index (κ2) is 6.96. The van der Waals surface area contributed by atoms with Gasteiger partial charge in [0.15, 0.2) is 0 Å². The average Bonchev–Trinajstić information content (AvgIpc) is 2.34. The molecule has 0 bridgehead atoms. The van der Waals surface area contributed by atoms with Gasteiger partial charge in [-0.2, -0.15) is 0 Å². The van der Waals surface area contributed by atoms with Gasteiger partial charge >= 0.3 is 5.97 Å². The number of nitrogens with zero attached hydrogens (tertiary/aromatic N) is 1. The van der Waals surface area contributed by atoms with E-state index < -0.39 is 5.97 Å². The molecular formula is C12H15ClN2O3. The Morgan fingerprint density at radius 3 is 2.89 bits per heavy atom. The Hall–Kier alpha value is -1.62. The Kier molecular flexibility index (Phi) is 5.58. The van der Waals surface area contributed by atoms with E-state index in [1.807, 2.05) is 6.92 Å². The number of carboxylic acid groups (broad SMARTS) is 1. The van der Waals surface area contributed by atoms with E-state index in [2.05, 4.69) is 10.3 Å². The first-order chi connectivity index (χ1) is 8.50. The Morgan fingerprint density at radius 1 is 1.56 bits per heavy atom. The molecule has 1 amide bonds. The van der Waals surface area contributed by atoms with Crippen LogP contribution in [0.5, 0.6) is 0 Å². The molecule has 0 aromatic carbocycles. The molecule has 0 saturated carbocycles. The topological polar surface area (TPSA) is 79.3 Å². The predicted molar refractivity (Wildman–Crippen MR) is 67.6 cm³/mol. The first-order valence-corrected chi connectivity index (χ1v) is 5.99. The molecule has 6 heteroatoms. The molecule has 1 aromatic heterocycles. The minimum atomic E-state index is -0.830. The minimum absolute atomic E-state index is 0.0977. The number of carboxylic acids is 1. The van der Waals surface area contributed by atoms with Crippen LogP contribution >= 0.6 is 11.6 Å². The van der Waals surface area contributed by atoms with Crippen molar-refractivity contribution < 1.29 is 14.7 Å². The molecule has 5 nitrogen and oxygen atoms in total. The Bertz CT molecular complexity index is 437. The Balaban J connectivity index is 2.42. The number of hydrogen-bond acceptors (Lipinski definition) is 3. The largest absolute Gasteiger partial charge is 0.481 e. The number of carbonyl (C=O) groups is 2. The van der Waals surface area contributed by atoms with Crippen LogP contribution in [0.1, 0.15) is 30.1 Å². The number of pyridine rings is 1. The molecule has 1 aromatic rings. The van der Waals surface area contributed by atoms with Gasteiger partial charge in [0.1, 0.15) is 5.15 Å². The molecule has 0 fully saturated rings. The minimum Gasteiger partial charge on any atom is -0.481 e. The molecule has 1 rings (SSSR count). The van der Waals surface area contributed by atoms with E-state index >= 15 is 0 Å². The first kappa shape index (κ1) is 14.4. The number of aromatic nitrogens is 1. The van der Waals surface area contributed by atoms with Crippen LogP contribution in [-0.2, 0) is 4.79 Å². The molecule has 18 heavy (non-hydrogen) atoms. The molecule has 0 aliphatic rings. The monoisotopic (exact) mass is 270 g/mol. The lowest BCUT2D eigenvalue weighted by Crippen LogP contribution is -2.28. The summed E-state index contributed by atoms with van der Waals surface area (Å²) < 4.78 is 0. The fourth-order valence-corrected chi connectivity index (χ4v) is 1.59. The molecule has 1 atom stereocenters. The van der Waals surface area contributed by atoms with Gasteiger partial charge in [-0.1, -0.05) is 18.5 Å². The first-order valence-electron chi connectivity index (χ1n) is 5.61. The standard InChI is InChI=1S/C12H15ClN2O3/c1-8(4-5-10(16)17)7-15-12(18)9-3-2-6-14-11(9)13/h2-3,6,8H,4-5,7H2,1H3,(H,15,18)(H,16,17). The summed E-state index contributed by atoms with van der Waals surface area (Å²) in [6, 6.07) is 3.22. The van der Waals surface area contributed by atoms with E-state index in [1.54, 1.807) is 12.1 Å². The van der Waals surface area contributed by atoms with Crippen molar-refractivity contribution in [3.8, 4) is 0 Å². The number of aliphatic carboxylic acids is 1. The summed E-state index contributed by atoms with van der Waals surface area (Å²) in [5, 5.41) is 11.4. The summed E-state index contributed by atoms with van der Waals surface area (Å²) in [4.78, 5) is 26.0. The summed E-state index contributed by atoms with van der Waals surface area (Å²) in [5.41, 5.74) is 0.324. The van der Waals surface area contributed by atoms with E-state index in [-0.39, 0.29) is 23.4 Å². The van der Waals surface area contributed by atoms with Crippen LogP contribution in [0.3, 0.4) is 0 Å². The number of nitrogens with one attached hydrogen (secondary N) is 1. The average molecular weight is 271 g/mol. The van der Waals surface area contributed by atoms with E-state index in [0.29, 0.717) is 18.5 Å². The maximum Gasteiger partial charge on any atom is 0.303 e. The van der Waals surface area contributed by atoms with Crippen molar-refractivity contribution in [2.24, 2.45) is 5.92 Å². The molecule has 0 spiro atoms. The molecule has 0 radical (unpaired) electrons. The van der Waals surface area contributed by atoms with Crippen molar-refractivity contribution in [2.75, 3.05) is 6.54 Å². The SMILES string of the molecule is CC(CCC(=O)O)CNC(=O)c1cccnc1Cl. The molecule has 0 aliphatic carbocycles. The van der Waals surface area contributed by atoms with Crippen molar-refractivity contribution in [2.45, 2.75) is 19.8 Å². The van der Waals surface area contributed by atoms with Gasteiger partial charge < -0.3 is 10.4 Å². The van der Waals surface area contributed by atoms with Crippen LogP contribution in [0.25, 0.3) is 0 Å². The number of amides is 1. The van der Waals surface area contributed by atoms with Crippen molar-refractivity contribution in [1.82, 2.24) is 10.3 Å². The maximum atomic E-state index is 11.8. The molecule has 1 unspecified atom stereocenters. The molecule has 98 valence electrons. The normalized spacial score (nSPS) is 11.9. The van der Waals surface area contributed by atoms with Gasteiger partial charge in [0.2, 0.25) is 0 Å². The number of halogens is 1. The van der Waals surface area contributed by atoms with E-state index in [4.69, 9.17) is 16.7 Å². The van der Waals surface area contributed by atoms with Gasteiger partial charge in [0.05, 0.1) is 5.56 Å². The lowest BCUT2D eigenvalue weighted by atomic mass is 10.1. The zero-order chi connectivity index (χ0) is 13.5. The highest BCUT2D eigenvalue weighted by Gasteiger charge is 2.12. The quantitative estimate of drug-likeness (QED) is 0.775. The third-order valence-electron chi connectivity index (χ3n) is 2.47. The summed E-state index contributed by atoms with van der Waals surface area (Å²) in [6.45, 7) is 2.30. The third kappa shape index (κ3) is 4.71. The van der Waals surface area contributed by atoms with Gasteiger partial charge in [0, 0.05) is 19.2 Å². The Morgan fingerprint density at radius 2 is 2.28 bits per heavy atom. The van der Waals surface area contributed by atoms with E-state index in [1.165, 1.54) is 6.20 Å². The summed E-state index contributed by atoms with van der Waals surface area (Å²) in [7, 11) is 0. The predicted octanol–water partition coefficient (Wildman–Crippen LogP) is 1.97. The maximum absolute atomic E-state index is 11.8. The van der Waals surface area contributed by atoms with Crippen LogP contribution in [-0.4, -0.2) is 28.5 Å². The fourth-order valence-electron chi connectivity index (χ4n) is 1.39. The summed E-state index contributed by atoms with van der Waals surface area (Å²) in [5.74, 6) is -1.03. The Labute approximate surface area is 110 Å². The summed E-state index contributed by atoms with van der Waals surface area (Å²) >= 11 is 5.79. The van der Waals surface area contributed by atoms with E-state index in [0.717, 1.165) is 0 Å². The van der Waals surface area contributed by atoms with Crippen LogP contribution in [0, 0.1) is 5.92 Å². The van der Waals surface area contributed by atoms with Gasteiger partial charge in [-0.05, 0) is 24.5 Å². The zero-order valence-electron chi connectivity index (χ0n) is 10.0. The fraction of sp³-hybridized carbons (Fsp3) is 0.417. The van der Waals surface area contributed by atoms with Crippen molar-refractivity contribution in [3.05, 3.63) is 29.0 Å². The van der Waals surface area contributed by atoms with Gasteiger partial charge in [-0.25, -0.2) is 4.98 Å². The number of carbonyl (C=O) groups excluding carboxylic acids is 1. The third-order valence-corrected chi connectivity index (χ3v) is 2.77. The van der Waals surface area contributed by atoms with Gasteiger partial charge in [-0.15, -0.1) is 0 Å². The van der Waals surface area contributed by atoms with Crippen molar-refractivity contribution >= 4 is 23.5 Å². The second-order valence-electron chi connectivity index (χ2n) is 4.09.